The van der Waals surface area contributed by atoms with Crippen LogP contribution in [0.4, 0.5) is 17.3 Å². The topological polar surface area (TPSA) is 224 Å². The number of nitroso groups, excluding NO2 is 1. The molecule has 4 rings (SSSR count). The number of aromatic nitrogens is 3. The number of piperidine rings is 1. The van der Waals surface area contributed by atoms with Crippen LogP contribution < -0.4 is 16.4 Å². The normalized spacial score (nSPS) is 10.5. The standard InChI is InChI=1S/C21H25N7O.C21H4.HN7O.10H2/c1-28-10-5-14(6-11-28)13-26-20-18(23-8-9-25-20)21(29)27-16-3-2-15-4-7-24-19(22)17(15)12-16;1-3-5-7-9-11-13-15-17-19-21-20-18-16-14-12-10-8-6-4-2;1-2-3-4-5-6-7-8;;;;;;;;;;/h2-4,7-9,12,14H,5-6,10-11,13H2,1H3,(H2,22,24)(H,25,26)(H,27,29);1H,2H3;1H;10*1H/b;;2-1?,4-3+,6-5+;;;;;;;;;;. The van der Waals surface area contributed by atoms with E-state index in [1.54, 1.807) is 19.3 Å². The van der Waals surface area contributed by atoms with Gasteiger partial charge in [-0.15, -0.1) is 11.3 Å². The molecule has 300 valence electrons. The third kappa shape index (κ3) is 19.5. The third-order valence-electron chi connectivity index (χ3n) is 6.76. The molecule has 0 saturated carbocycles. The van der Waals surface area contributed by atoms with Gasteiger partial charge in [-0.3, -0.25) is 4.79 Å². The molecular formula is C42H50N14O2. The molecule has 0 atom stereocenters. The zero-order chi connectivity index (χ0) is 41.9. The zero-order valence-electron chi connectivity index (χ0n) is 31.1. The van der Waals surface area contributed by atoms with Gasteiger partial charge in [-0.25, -0.2) is 15.0 Å². The van der Waals surface area contributed by atoms with Crippen molar-refractivity contribution >= 4 is 34.0 Å². The highest BCUT2D eigenvalue weighted by molar-refractivity contribution is 6.07. The first-order valence-electron chi connectivity index (χ1n) is 16.5. The average molecular weight is 783 g/mol. The maximum Gasteiger partial charge on any atom is 0.278 e. The Hall–Kier alpha value is -9.26. The summed E-state index contributed by atoms with van der Waals surface area (Å²) >= 11 is 0. The second-order valence-corrected chi connectivity index (χ2v) is 10.5. The summed E-state index contributed by atoms with van der Waals surface area (Å²) in [5.41, 5.74) is 12.9. The maximum absolute atomic E-state index is 12.8. The van der Waals surface area contributed by atoms with Crippen LogP contribution in [0.3, 0.4) is 0 Å². The Balaban J connectivity index is -0.000000115. The smallest absolute Gasteiger partial charge is 0.278 e. The fraction of sp³-hybridized carbons (Fsp3) is 0.190. The third-order valence-corrected chi connectivity index (χ3v) is 6.76. The number of hydrogen-bond acceptors (Lipinski definition) is 9. The van der Waals surface area contributed by atoms with Crippen LogP contribution >= 0.6 is 0 Å². The molecule has 1 aliphatic rings. The van der Waals surface area contributed by atoms with E-state index in [4.69, 9.17) is 22.6 Å². The number of fused-ring (bicyclic) bond motifs is 1. The molecule has 0 aliphatic carbocycles. The first-order chi connectivity index (χ1) is 28.4. The summed E-state index contributed by atoms with van der Waals surface area (Å²) in [5.74, 6) is 48.1. The monoisotopic (exact) mass is 782 g/mol. The molecule has 2 aromatic heterocycles. The Morgan fingerprint density at radius 2 is 1.40 bits per heavy atom. The summed E-state index contributed by atoms with van der Waals surface area (Å²) < 4.78 is 0. The lowest BCUT2D eigenvalue weighted by Crippen LogP contribution is -2.33. The van der Waals surface area contributed by atoms with Gasteiger partial charge in [-0.2, -0.15) is 5.53 Å². The van der Waals surface area contributed by atoms with Crippen LogP contribution in [0.1, 0.15) is 44.5 Å². The summed E-state index contributed by atoms with van der Waals surface area (Å²) in [4.78, 5) is 36.9. The second kappa shape index (κ2) is 29.2. The Morgan fingerprint density at radius 1 is 0.828 bits per heavy atom. The number of benzene rings is 1. The van der Waals surface area contributed by atoms with E-state index in [2.05, 4.69) is 176 Å². The van der Waals surface area contributed by atoms with Crippen molar-refractivity contribution in [2.24, 2.45) is 37.3 Å². The van der Waals surface area contributed by atoms with E-state index in [-0.39, 0.29) is 25.9 Å². The number of nitrogens with two attached hydrogens (primary N) is 1. The van der Waals surface area contributed by atoms with Crippen LogP contribution in [-0.4, -0.2) is 52.4 Å². The highest BCUT2D eigenvalue weighted by Gasteiger charge is 2.19. The van der Waals surface area contributed by atoms with Gasteiger partial charge in [-0.05, 0) is 180 Å². The SMILES string of the molecule is C#CC#CC#CC#CC#CC#CC#CC#CC#CC#CC.CN1CCC(CNc2nccnc2C(=O)Nc2ccc3ccnc(N)c3c2)CC1.N=N/N=N/N=N/N=O.[HH].[HH].[HH].[HH].[HH].[HH].[HH].[HH].[HH].[HH]. The summed E-state index contributed by atoms with van der Waals surface area (Å²) in [7, 11) is 2.14. The minimum Gasteiger partial charge on any atom is -0.383 e. The number of hydrogen-bond donors (Lipinski definition) is 4. The number of rotatable bonds is 8. The van der Waals surface area contributed by atoms with E-state index >= 15 is 0 Å². The highest BCUT2D eigenvalue weighted by atomic mass is 16.3. The molecule has 1 amide bonds. The Kier molecular flexibility index (Phi) is 22.6. The van der Waals surface area contributed by atoms with Gasteiger partial charge in [0.25, 0.3) is 5.91 Å². The van der Waals surface area contributed by atoms with Crippen molar-refractivity contribution in [3.05, 3.63) is 53.5 Å². The number of nitrogens with zero attached hydrogens (tertiary/aromatic N) is 10. The van der Waals surface area contributed by atoms with E-state index in [0.29, 0.717) is 23.2 Å². The number of terminal acetylenes is 1. The zero-order valence-corrected chi connectivity index (χ0v) is 31.1. The van der Waals surface area contributed by atoms with Crippen LogP contribution in [0.15, 0.2) is 74.3 Å². The highest BCUT2D eigenvalue weighted by Crippen LogP contribution is 2.24. The molecular weight excluding hydrogens is 733 g/mol. The largest absolute Gasteiger partial charge is 0.383 e. The van der Waals surface area contributed by atoms with Crippen LogP contribution in [0, 0.1) is 135 Å². The van der Waals surface area contributed by atoms with E-state index in [1.807, 2.05) is 29.6 Å². The van der Waals surface area contributed by atoms with Gasteiger partial charge in [-0.1, -0.05) is 12.0 Å². The second-order valence-electron chi connectivity index (χ2n) is 10.5. The fourth-order valence-electron chi connectivity index (χ4n) is 4.24. The number of carbonyl (C=O) groups excluding carboxylic acids is 1. The molecule has 1 fully saturated rings. The molecule has 1 saturated heterocycles. The molecule has 3 aromatic rings. The van der Waals surface area contributed by atoms with Crippen LogP contribution in [0.2, 0.25) is 0 Å². The predicted octanol–water partition coefficient (Wildman–Crippen LogP) is 7.18. The summed E-state index contributed by atoms with van der Waals surface area (Å²) in [6, 6.07) is 7.43. The summed E-state index contributed by atoms with van der Waals surface area (Å²) in [6.45, 7) is 4.67. The summed E-state index contributed by atoms with van der Waals surface area (Å²) in [6.07, 6.45) is 12.0. The number of likely N-dealkylation sites (tertiary alicyclic amines) is 1. The van der Waals surface area contributed by atoms with Gasteiger partial charge in [0.05, 0.1) is 0 Å². The van der Waals surface area contributed by atoms with Crippen molar-refractivity contribution in [2.75, 3.05) is 43.0 Å². The van der Waals surface area contributed by atoms with Crippen molar-refractivity contribution in [1.29, 1.82) is 5.53 Å². The molecule has 3 heterocycles. The minimum absolute atomic E-state index is 0. The lowest BCUT2D eigenvalue weighted by atomic mass is 9.97. The first kappa shape index (κ1) is 44.9. The Labute approximate surface area is 350 Å². The molecule has 0 radical (unpaired) electrons. The molecule has 16 heteroatoms. The number of nitrogens with one attached hydrogen (secondary N) is 3. The fourth-order valence-corrected chi connectivity index (χ4v) is 4.24. The maximum atomic E-state index is 12.8. The molecule has 16 nitrogen and oxygen atoms in total. The van der Waals surface area contributed by atoms with Crippen LogP contribution in [-0.2, 0) is 0 Å². The lowest BCUT2D eigenvalue weighted by molar-refractivity contribution is 0.102. The van der Waals surface area contributed by atoms with E-state index in [9.17, 15) is 4.79 Å². The summed E-state index contributed by atoms with van der Waals surface area (Å²) in [5, 5.41) is 22.9. The van der Waals surface area contributed by atoms with Crippen LogP contribution in [0.5, 0.6) is 0 Å². The van der Waals surface area contributed by atoms with Crippen molar-refractivity contribution in [2.45, 2.75) is 19.8 Å². The van der Waals surface area contributed by atoms with Crippen molar-refractivity contribution < 1.29 is 19.1 Å². The molecule has 5 N–H and O–H groups in total. The van der Waals surface area contributed by atoms with Gasteiger partial charge in [0.1, 0.15) is 11.1 Å². The van der Waals surface area contributed by atoms with Gasteiger partial charge in [0.2, 0.25) is 0 Å². The number of amides is 1. The van der Waals surface area contributed by atoms with E-state index < -0.39 is 0 Å². The predicted molar refractivity (Wildman–Crippen MR) is 241 cm³/mol. The van der Waals surface area contributed by atoms with Gasteiger partial charge in [0.15, 0.2) is 11.5 Å². The molecule has 58 heavy (non-hydrogen) atoms. The lowest BCUT2D eigenvalue weighted by Gasteiger charge is -2.29. The number of pyridine rings is 1. The number of anilines is 3. The first-order valence-corrected chi connectivity index (χ1v) is 16.5. The Bertz CT molecular complexity index is 2660. The molecule has 1 aliphatic heterocycles. The van der Waals surface area contributed by atoms with Gasteiger partial charge < -0.3 is 21.3 Å². The quantitative estimate of drug-likeness (QED) is 0.0791. The van der Waals surface area contributed by atoms with Crippen molar-refractivity contribution in [1.82, 2.24) is 19.9 Å². The number of carbonyl (C=O) groups is 1. The van der Waals surface area contributed by atoms with E-state index in [1.165, 1.54) is 6.20 Å². The van der Waals surface area contributed by atoms with Crippen molar-refractivity contribution in [3.63, 3.8) is 0 Å². The molecule has 0 spiro atoms. The van der Waals surface area contributed by atoms with Gasteiger partial charge in [0, 0.05) is 72.8 Å². The minimum atomic E-state index is -0.314. The molecule has 1 aromatic carbocycles. The van der Waals surface area contributed by atoms with Crippen molar-refractivity contribution in [3.8, 4) is 119 Å². The van der Waals surface area contributed by atoms with Gasteiger partial charge >= 0.3 is 0 Å². The number of nitrogen functional groups attached to an aromatic ring is 1. The Morgan fingerprint density at radius 3 is 1.97 bits per heavy atom. The molecule has 0 bridgehead atoms. The average Bonchev–Trinajstić information content (AvgIpc) is 3.24. The molecule has 0 unspecified atom stereocenters. The van der Waals surface area contributed by atoms with Crippen LogP contribution in [0.25, 0.3) is 10.8 Å². The van der Waals surface area contributed by atoms with E-state index in [0.717, 1.165) is 43.2 Å².